The maximum Gasteiger partial charge on any atom is 0.339 e. The van der Waals surface area contributed by atoms with Crippen LogP contribution in [0.15, 0.2) is 0 Å². The minimum absolute atomic E-state index is 0.104. The molecule has 0 heterocycles. The van der Waals surface area contributed by atoms with Crippen LogP contribution in [0.5, 0.6) is 0 Å². The van der Waals surface area contributed by atoms with Gasteiger partial charge in [-0.25, -0.2) is 10.1 Å². The highest BCUT2D eigenvalue weighted by atomic mass is 16.2. The van der Waals surface area contributed by atoms with E-state index >= 15 is 0 Å². The van der Waals surface area contributed by atoms with Gasteiger partial charge >= 0.3 is 6.03 Å². The molecule has 0 saturated carbocycles. The molecule has 0 aromatic rings. The van der Waals surface area contributed by atoms with Crippen molar-refractivity contribution in [1.29, 1.82) is 0 Å². The maximum atomic E-state index is 11.4. The van der Waals surface area contributed by atoms with Crippen molar-refractivity contribution in [2.24, 2.45) is 0 Å². The number of carbonyl (C=O) groups is 1. The molecule has 0 aliphatic carbocycles. The van der Waals surface area contributed by atoms with Gasteiger partial charge in [0, 0.05) is 18.6 Å². The Morgan fingerprint density at radius 1 is 1.33 bits per heavy atom. The molecule has 0 bridgehead atoms. The Labute approximate surface area is 75.1 Å². The number of nitrogens with zero attached hydrogens (tertiary/aromatic N) is 2. The van der Waals surface area contributed by atoms with E-state index in [1.165, 1.54) is 0 Å². The summed E-state index contributed by atoms with van der Waals surface area (Å²) in [5, 5.41) is 3.85. The summed E-state index contributed by atoms with van der Waals surface area (Å²) in [5.74, 6) is 0. The summed E-state index contributed by atoms with van der Waals surface area (Å²) in [7, 11) is 0. The van der Waals surface area contributed by atoms with Gasteiger partial charge in [-0.3, -0.25) is 0 Å². The van der Waals surface area contributed by atoms with Crippen molar-refractivity contribution in [3.8, 4) is 0 Å². The summed E-state index contributed by atoms with van der Waals surface area (Å²) in [6, 6.07) is -0.104. The van der Waals surface area contributed by atoms with E-state index in [-0.39, 0.29) is 11.6 Å². The third kappa shape index (κ3) is 3.11. The number of amides is 2. The molecule has 0 fully saturated rings. The van der Waals surface area contributed by atoms with Gasteiger partial charge < -0.3 is 4.90 Å². The van der Waals surface area contributed by atoms with Gasteiger partial charge in [-0.05, 0) is 34.6 Å². The van der Waals surface area contributed by atoms with Crippen molar-refractivity contribution in [3.05, 3.63) is 0 Å². The van der Waals surface area contributed by atoms with Crippen LogP contribution in [0.1, 0.15) is 34.6 Å². The van der Waals surface area contributed by atoms with E-state index in [1.54, 1.807) is 4.90 Å². The van der Waals surface area contributed by atoms with E-state index in [0.29, 0.717) is 13.1 Å². The zero-order valence-electron chi connectivity index (χ0n) is 8.72. The fraction of sp³-hybridized carbons (Fsp3) is 0.889. The highest BCUT2D eigenvalue weighted by Crippen LogP contribution is 2.12. The number of hydrogen-bond acceptors (Lipinski definition) is 1. The Morgan fingerprint density at radius 3 is 2.08 bits per heavy atom. The average molecular weight is 171 g/mol. The Kier molecular flexibility index (Phi) is 4.07. The van der Waals surface area contributed by atoms with Crippen LogP contribution in [-0.2, 0) is 0 Å². The molecule has 0 aromatic carbocycles. The van der Waals surface area contributed by atoms with Crippen LogP contribution in [-0.4, -0.2) is 29.6 Å². The second-order valence-electron chi connectivity index (χ2n) is 3.67. The lowest BCUT2D eigenvalue weighted by atomic mass is 10.1. The smallest absolute Gasteiger partial charge is 0.319 e. The molecule has 0 aromatic heterocycles. The summed E-state index contributed by atoms with van der Waals surface area (Å²) in [4.78, 5) is 13.1. The van der Waals surface area contributed by atoms with Crippen molar-refractivity contribution < 1.29 is 4.79 Å². The first-order valence-corrected chi connectivity index (χ1v) is 4.42. The first-order chi connectivity index (χ1) is 5.43. The molecule has 0 N–H and O–H groups in total. The maximum absolute atomic E-state index is 11.4. The van der Waals surface area contributed by atoms with Gasteiger partial charge in [0.15, 0.2) is 0 Å². The minimum Gasteiger partial charge on any atom is -0.319 e. The van der Waals surface area contributed by atoms with E-state index in [9.17, 15) is 4.79 Å². The van der Waals surface area contributed by atoms with Gasteiger partial charge in [-0.1, -0.05) is 0 Å². The lowest BCUT2D eigenvalue weighted by Crippen LogP contribution is -2.48. The van der Waals surface area contributed by atoms with Crippen LogP contribution in [0.4, 0.5) is 4.79 Å². The first kappa shape index (κ1) is 11.3. The van der Waals surface area contributed by atoms with Crippen molar-refractivity contribution in [2.45, 2.75) is 40.2 Å². The van der Waals surface area contributed by atoms with Crippen molar-refractivity contribution >= 4 is 6.03 Å². The number of carbonyl (C=O) groups excluding carboxylic acids is 1. The molecule has 0 aliphatic rings. The molecule has 2 amide bonds. The fourth-order valence-electron chi connectivity index (χ4n) is 1.12. The average Bonchev–Trinajstić information content (AvgIpc) is 1.85. The van der Waals surface area contributed by atoms with Gasteiger partial charge in [0.05, 0.1) is 0 Å². The van der Waals surface area contributed by atoms with E-state index < -0.39 is 0 Å². The standard InChI is InChI=1S/C9H19N2O/c1-6-10-8(12)11(7-2)9(3,4)5/h6-7H2,1-5H3. The topological polar surface area (TPSA) is 34.4 Å². The van der Waals surface area contributed by atoms with Crippen LogP contribution in [0, 0.1) is 0 Å². The van der Waals surface area contributed by atoms with Crippen LogP contribution in [0.2, 0.25) is 0 Å². The van der Waals surface area contributed by atoms with E-state index in [0.717, 1.165) is 0 Å². The zero-order valence-corrected chi connectivity index (χ0v) is 8.72. The summed E-state index contributed by atoms with van der Waals surface area (Å²) >= 11 is 0. The zero-order chi connectivity index (χ0) is 9.78. The Balaban J connectivity index is 4.25. The molecule has 3 nitrogen and oxygen atoms in total. The molecule has 0 atom stereocenters. The summed E-state index contributed by atoms with van der Waals surface area (Å²) in [6.07, 6.45) is 0. The second kappa shape index (κ2) is 4.33. The first-order valence-electron chi connectivity index (χ1n) is 4.42. The molecule has 0 aliphatic heterocycles. The molecule has 0 rings (SSSR count). The van der Waals surface area contributed by atoms with Crippen molar-refractivity contribution in [2.75, 3.05) is 13.1 Å². The highest BCUT2D eigenvalue weighted by Gasteiger charge is 2.24. The van der Waals surface area contributed by atoms with E-state index in [4.69, 9.17) is 0 Å². The normalized spacial score (nSPS) is 11.1. The Morgan fingerprint density at radius 2 is 1.83 bits per heavy atom. The van der Waals surface area contributed by atoms with Crippen molar-refractivity contribution in [1.82, 2.24) is 10.2 Å². The van der Waals surface area contributed by atoms with Crippen LogP contribution in [0.3, 0.4) is 0 Å². The highest BCUT2D eigenvalue weighted by molar-refractivity contribution is 5.74. The molecule has 71 valence electrons. The predicted molar refractivity (Wildman–Crippen MR) is 50.2 cm³/mol. The van der Waals surface area contributed by atoms with Gasteiger partial charge in [0.1, 0.15) is 0 Å². The van der Waals surface area contributed by atoms with Gasteiger partial charge in [0.25, 0.3) is 0 Å². The predicted octanol–water partition coefficient (Wildman–Crippen LogP) is 1.85. The molecule has 0 saturated heterocycles. The largest absolute Gasteiger partial charge is 0.339 e. The van der Waals surface area contributed by atoms with Gasteiger partial charge in [-0.15, -0.1) is 0 Å². The molecular weight excluding hydrogens is 152 g/mol. The van der Waals surface area contributed by atoms with Crippen molar-refractivity contribution in [3.63, 3.8) is 0 Å². The van der Waals surface area contributed by atoms with Crippen LogP contribution >= 0.6 is 0 Å². The second-order valence-corrected chi connectivity index (χ2v) is 3.67. The number of urea groups is 1. The van der Waals surface area contributed by atoms with Crippen LogP contribution in [0.25, 0.3) is 0 Å². The monoisotopic (exact) mass is 171 g/mol. The number of hydrogen-bond donors (Lipinski definition) is 0. The quantitative estimate of drug-likeness (QED) is 0.624. The van der Waals surface area contributed by atoms with E-state index in [2.05, 4.69) is 5.32 Å². The lowest BCUT2D eigenvalue weighted by Gasteiger charge is -2.33. The number of rotatable bonds is 2. The molecule has 0 unspecified atom stereocenters. The fourth-order valence-corrected chi connectivity index (χ4v) is 1.12. The third-order valence-electron chi connectivity index (χ3n) is 1.65. The minimum atomic E-state index is -0.121. The molecule has 3 heteroatoms. The SMILES string of the molecule is CC[N]C(=O)N(CC)C(C)(C)C. The lowest BCUT2D eigenvalue weighted by molar-refractivity contribution is 0.149. The summed E-state index contributed by atoms with van der Waals surface area (Å²) in [5.41, 5.74) is -0.121. The third-order valence-corrected chi connectivity index (χ3v) is 1.65. The van der Waals surface area contributed by atoms with E-state index in [1.807, 2.05) is 34.6 Å². The molecule has 1 radical (unpaired) electrons. The molecular formula is C9H19N2O. The summed E-state index contributed by atoms with van der Waals surface area (Å²) < 4.78 is 0. The van der Waals surface area contributed by atoms with Gasteiger partial charge in [-0.2, -0.15) is 0 Å². The Bertz CT molecular complexity index is 149. The molecule has 0 spiro atoms. The van der Waals surface area contributed by atoms with Crippen LogP contribution < -0.4 is 5.32 Å². The van der Waals surface area contributed by atoms with Gasteiger partial charge in [0.2, 0.25) is 0 Å². The summed E-state index contributed by atoms with van der Waals surface area (Å²) in [6.45, 7) is 11.2. The Hall–Kier alpha value is -0.730. The molecule has 12 heavy (non-hydrogen) atoms.